The van der Waals surface area contributed by atoms with E-state index < -0.39 is 0 Å². The zero-order valence-electron chi connectivity index (χ0n) is 13.2. The number of hydrogen-bond acceptors (Lipinski definition) is 4. The SMILES string of the molecule is COC1CN(c2c(F)cccc2CNC(C)C)CC1OC. The van der Waals surface area contributed by atoms with Crippen LogP contribution in [0, 0.1) is 5.82 Å². The molecule has 1 aromatic carbocycles. The van der Waals surface area contributed by atoms with Crippen molar-refractivity contribution in [1.82, 2.24) is 5.32 Å². The van der Waals surface area contributed by atoms with E-state index >= 15 is 0 Å². The summed E-state index contributed by atoms with van der Waals surface area (Å²) >= 11 is 0. The summed E-state index contributed by atoms with van der Waals surface area (Å²) in [5.74, 6) is -0.190. The fraction of sp³-hybridized carbons (Fsp3) is 0.625. The standard InChI is InChI=1S/C16H25FN2O2/c1-11(2)18-8-12-6-5-7-13(17)16(12)19-9-14(20-3)15(10-19)21-4/h5-7,11,14-15,18H,8-10H2,1-4H3. The van der Waals surface area contributed by atoms with Gasteiger partial charge in [0.25, 0.3) is 0 Å². The van der Waals surface area contributed by atoms with Crippen LogP contribution in [-0.4, -0.2) is 45.6 Å². The number of nitrogens with zero attached hydrogens (tertiary/aromatic N) is 1. The summed E-state index contributed by atoms with van der Waals surface area (Å²) in [5.41, 5.74) is 1.63. The Kier molecular flexibility index (Phi) is 5.56. The molecule has 1 saturated heterocycles. The Bertz CT molecular complexity index is 456. The number of para-hydroxylation sites is 1. The topological polar surface area (TPSA) is 33.7 Å². The van der Waals surface area contributed by atoms with Gasteiger partial charge in [-0.25, -0.2) is 4.39 Å². The van der Waals surface area contributed by atoms with Crippen LogP contribution in [0.2, 0.25) is 0 Å². The molecule has 0 saturated carbocycles. The molecule has 2 atom stereocenters. The van der Waals surface area contributed by atoms with Gasteiger partial charge in [-0.15, -0.1) is 0 Å². The molecule has 0 amide bonds. The van der Waals surface area contributed by atoms with Crippen molar-refractivity contribution in [3.05, 3.63) is 29.6 Å². The Morgan fingerprint density at radius 2 is 1.86 bits per heavy atom. The molecular formula is C16H25FN2O2. The zero-order chi connectivity index (χ0) is 15.4. The number of halogens is 1. The van der Waals surface area contributed by atoms with Crippen molar-refractivity contribution in [1.29, 1.82) is 0 Å². The molecule has 0 aromatic heterocycles. The van der Waals surface area contributed by atoms with Crippen LogP contribution in [-0.2, 0) is 16.0 Å². The quantitative estimate of drug-likeness (QED) is 0.872. The van der Waals surface area contributed by atoms with E-state index in [1.165, 1.54) is 6.07 Å². The average molecular weight is 296 g/mol. The highest BCUT2D eigenvalue weighted by molar-refractivity contribution is 5.56. The van der Waals surface area contributed by atoms with Crippen LogP contribution in [0.15, 0.2) is 18.2 Å². The van der Waals surface area contributed by atoms with Crippen LogP contribution in [0.1, 0.15) is 19.4 Å². The first-order valence-corrected chi connectivity index (χ1v) is 7.38. The second-order valence-corrected chi connectivity index (χ2v) is 5.74. The second kappa shape index (κ2) is 7.20. The predicted molar refractivity (Wildman–Crippen MR) is 82.2 cm³/mol. The van der Waals surface area contributed by atoms with E-state index in [0.29, 0.717) is 31.4 Å². The lowest BCUT2D eigenvalue weighted by molar-refractivity contribution is -0.00461. The van der Waals surface area contributed by atoms with Gasteiger partial charge in [-0.1, -0.05) is 26.0 Å². The largest absolute Gasteiger partial charge is 0.377 e. The monoisotopic (exact) mass is 296 g/mol. The lowest BCUT2D eigenvalue weighted by Crippen LogP contribution is -2.27. The summed E-state index contributed by atoms with van der Waals surface area (Å²) in [7, 11) is 3.34. The predicted octanol–water partition coefficient (Wildman–Crippen LogP) is 2.17. The van der Waals surface area contributed by atoms with Crippen LogP contribution in [0.4, 0.5) is 10.1 Å². The number of benzene rings is 1. The highest BCUT2D eigenvalue weighted by Crippen LogP contribution is 2.29. The highest BCUT2D eigenvalue weighted by Gasteiger charge is 2.34. The summed E-state index contributed by atoms with van der Waals surface area (Å²) < 4.78 is 25.2. The molecule has 21 heavy (non-hydrogen) atoms. The maximum absolute atomic E-state index is 14.3. The summed E-state index contributed by atoms with van der Waals surface area (Å²) in [5, 5.41) is 3.35. The number of anilines is 1. The number of ether oxygens (including phenoxy) is 2. The molecule has 1 heterocycles. The normalized spacial score (nSPS) is 22.3. The molecule has 2 unspecified atom stereocenters. The fourth-order valence-corrected chi connectivity index (χ4v) is 2.75. The summed E-state index contributed by atoms with van der Waals surface area (Å²) in [6.45, 7) is 6.10. The van der Waals surface area contributed by atoms with E-state index in [0.717, 1.165) is 5.56 Å². The molecule has 0 radical (unpaired) electrons. The maximum atomic E-state index is 14.3. The molecule has 4 nitrogen and oxygen atoms in total. The molecule has 0 bridgehead atoms. The van der Waals surface area contributed by atoms with Crippen molar-refractivity contribution in [2.45, 2.75) is 38.6 Å². The number of hydrogen-bond donors (Lipinski definition) is 1. The molecule has 0 spiro atoms. The van der Waals surface area contributed by atoms with Gasteiger partial charge in [-0.2, -0.15) is 0 Å². The van der Waals surface area contributed by atoms with Gasteiger partial charge in [0.15, 0.2) is 0 Å². The first-order chi connectivity index (χ1) is 10.1. The molecule has 1 aliphatic rings. The average Bonchev–Trinajstić information content (AvgIpc) is 2.87. The van der Waals surface area contributed by atoms with Gasteiger partial charge in [-0.05, 0) is 11.6 Å². The molecule has 1 aromatic rings. The third kappa shape index (κ3) is 3.73. The van der Waals surface area contributed by atoms with Crippen molar-refractivity contribution in [2.75, 3.05) is 32.2 Å². The third-order valence-electron chi connectivity index (χ3n) is 3.91. The van der Waals surface area contributed by atoms with E-state index in [1.54, 1.807) is 20.3 Å². The Labute approximate surface area is 126 Å². The lowest BCUT2D eigenvalue weighted by atomic mass is 10.1. The van der Waals surface area contributed by atoms with Crippen LogP contribution in [0.5, 0.6) is 0 Å². The number of methoxy groups -OCH3 is 2. The van der Waals surface area contributed by atoms with Crippen molar-refractivity contribution in [3.63, 3.8) is 0 Å². The molecule has 5 heteroatoms. The smallest absolute Gasteiger partial charge is 0.146 e. The van der Waals surface area contributed by atoms with Gasteiger partial charge < -0.3 is 19.7 Å². The third-order valence-corrected chi connectivity index (χ3v) is 3.91. The number of nitrogens with one attached hydrogen (secondary N) is 1. The number of rotatable bonds is 6. The summed E-state index contributed by atoms with van der Waals surface area (Å²) in [4.78, 5) is 2.02. The molecule has 0 aliphatic carbocycles. The summed E-state index contributed by atoms with van der Waals surface area (Å²) in [6, 6.07) is 5.60. The van der Waals surface area contributed by atoms with Gasteiger partial charge in [-0.3, -0.25) is 0 Å². The summed E-state index contributed by atoms with van der Waals surface area (Å²) in [6.07, 6.45) is -0.0546. The van der Waals surface area contributed by atoms with E-state index in [2.05, 4.69) is 19.2 Å². The molecule has 1 fully saturated rings. The Morgan fingerprint density at radius 3 is 2.38 bits per heavy atom. The molecule has 1 N–H and O–H groups in total. The van der Waals surface area contributed by atoms with Crippen molar-refractivity contribution >= 4 is 5.69 Å². The minimum absolute atomic E-state index is 0.0273. The van der Waals surface area contributed by atoms with E-state index in [9.17, 15) is 4.39 Å². The van der Waals surface area contributed by atoms with Gasteiger partial charge in [0, 0.05) is 39.9 Å². The Morgan fingerprint density at radius 1 is 1.24 bits per heavy atom. The van der Waals surface area contributed by atoms with Crippen molar-refractivity contribution in [2.24, 2.45) is 0 Å². The molecule has 1 aliphatic heterocycles. The first-order valence-electron chi connectivity index (χ1n) is 7.38. The molecule has 118 valence electrons. The van der Waals surface area contributed by atoms with E-state index in [-0.39, 0.29) is 18.0 Å². The van der Waals surface area contributed by atoms with Crippen molar-refractivity contribution < 1.29 is 13.9 Å². The van der Waals surface area contributed by atoms with Gasteiger partial charge in [0.2, 0.25) is 0 Å². The highest BCUT2D eigenvalue weighted by atomic mass is 19.1. The van der Waals surface area contributed by atoms with Gasteiger partial charge in [0.1, 0.15) is 18.0 Å². The Hall–Kier alpha value is -1.17. The fourth-order valence-electron chi connectivity index (χ4n) is 2.75. The Balaban J connectivity index is 2.22. The van der Waals surface area contributed by atoms with Crippen LogP contribution < -0.4 is 10.2 Å². The minimum Gasteiger partial charge on any atom is -0.377 e. The van der Waals surface area contributed by atoms with Crippen LogP contribution in [0.3, 0.4) is 0 Å². The van der Waals surface area contributed by atoms with Gasteiger partial charge in [0.05, 0.1) is 5.69 Å². The lowest BCUT2D eigenvalue weighted by Gasteiger charge is -2.23. The zero-order valence-corrected chi connectivity index (χ0v) is 13.2. The minimum atomic E-state index is -0.190. The maximum Gasteiger partial charge on any atom is 0.146 e. The molecular weight excluding hydrogens is 271 g/mol. The van der Waals surface area contributed by atoms with E-state index in [4.69, 9.17) is 9.47 Å². The second-order valence-electron chi connectivity index (χ2n) is 5.74. The first kappa shape index (κ1) is 16.2. The van der Waals surface area contributed by atoms with Crippen LogP contribution >= 0.6 is 0 Å². The van der Waals surface area contributed by atoms with Gasteiger partial charge >= 0.3 is 0 Å². The van der Waals surface area contributed by atoms with E-state index in [1.807, 2.05) is 11.0 Å². The van der Waals surface area contributed by atoms with Crippen molar-refractivity contribution in [3.8, 4) is 0 Å². The molecule has 2 rings (SSSR count). The van der Waals surface area contributed by atoms with Crippen LogP contribution in [0.25, 0.3) is 0 Å².